The Bertz CT molecular complexity index is 844. The minimum absolute atomic E-state index is 0.0656. The molecule has 1 amide bonds. The van der Waals surface area contributed by atoms with Crippen molar-refractivity contribution in [2.45, 2.75) is 0 Å². The Morgan fingerprint density at radius 1 is 1.26 bits per heavy atom. The van der Waals surface area contributed by atoms with E-state index < -0.39 is 5.91 Å². The molecule has 0 bridgehead atoms. The summed E-state index contributed by atoms with van der Waals surface area (Å²) in [6.45, 7) is 0. The molecular weight excluding hydrogens is 403 g/mol. The zero-order chi connectivity index (χ0) is 17.0. The minimum Gasteiger partial charge on any atom is -0.507 e. The number of hydrogen-bond acceptors (Lipinski definition) is 3. The highest BCUT2D eigenvalue weighted by atomic mass is 79.9. The lowest BCUT2D eigenvalue weighted by molar-refractivity contribution is -0.112. The van der Waals surface area contributed by atoms with Crippen molar-refractivity contribution in [1.82, 2.24) is 0 Å². The molecule has 0 aliphatic carbocycles. The molecule has 0 saturated heterocycles. The highest BCUT2D eigenvalue weighted by Gasteiger charge is 2.12. The smallest absolute Gasteiger partial charge is 0.266 e. The van der Waals surface area contributed by atoms with Crippen molar-refractivity contribution in [3.05, 3.63) is 62.1 Å². The fraction of sp³-hybridized carbons (Fsp3) is 0. The normalized spacial score (nSPS) is 11.0. The molecule has 7 heteroatoms. The molecule has 0 aliphatic rings. The first-order valence-electron chi connectivity index (χ1n) is 6.27. The van der Waals surface area contributed by atoms with E-state index in [0.717, 1.165) is 0 Å². The minimum atomic E-state index is -0.610. The molecule has 0 heterocycles. The van der Waals surface area contributed by atoms with Crippen LogP contribution in [0.1, 0.15) is 5.56 Å². The topological polar surface area (TPSA) is 73.1 Å². The van der Waals surface area contributed by atoms with Gasteiger partial charge in [-0.15, -0.1) is 0 Å². The first kappa shape index (κ1) is 17.4. The number of nitriles is 1. The van der Waals surface area contributed by atoms with Crippen molar-refractivity contribution in [2.75, 3.05) is 5.32 Å². The molecule has 0 radical (unpaired) electrons. The average Bonchev–Trinajstić information content (AvgIpc) is 2.51. The molecule has 23 heavy (non-hydrogen) atoms. The third kappa shape index (κ3) is 4.49. The van der Waals surface area contributed by atoms with Crippen LogP contribution in [0, 0.1) is 11.3 Å². The maximum atomic E-state index is 12.2. The van der Waals surface area contributed by atoms with Crippen molar-refractivity contribution in [3.63, 3.8) is 0 Å². The molecule has 0 aliphatic heterocycles. The van der Waals surface area contributed by atoms with Crippen LogP contribution in [0.25, 0.3) is 6.08 Å². The number of halogens is 3. The fourth-order valence-electron chi connectivity index (χ4n) is 1.71. The number of rotatable bonds is 3. The summed E-state index contributed by atoms with van der Waals surface area (Å²) in [5, 5.41) is 21.9. The number of nitrogens with one attached hydrogen (secondary N) is 1. The van der Waals surface area contributed by atoms with Gasteiger partial charge in [-0.3, -0.25) is 4.79 Å². The molecule has 116 valence electrons. The summed E-state index contributed by atoms with van der Waals surface area (Å²) in [7, 11) is 0. The summed E-state index contributed by atoms with van der Waals surface area (Å²) in [4.78, 5) is 12.2. The largest absolute Gasteiger partial charge is 0.507 e. The predicted octanol–water partition coefficient (Wildman–Crippen LogP) is 5.01. The number of carbonyl (C=O) groups excluding carboxylic acids is 1. The molecule has 0 saturated carbocycles. The SMILES string of the molecule is N#CC(=Cc1ccc(O)c(Br)c1)C(=O)Nc1cc(Cl)ccc1Cl. The predicted molar refractivity (Wildman–Crippen MR) is 94.5 cm³/mol. The van der Waals surface area contributed by atoms with Crippen molar-refractivity contribution < 1.29 is 9.90 Å². The van der Waals surface area contributed by atoms with Crippen LogP contribution >= 0.6 is 39.1 Å². The van der Waals surface area contributed by atoms with E-state index in [4.69, 9.17) is 23.2 Å². The van der Waals surface area contributed by atoms with Crippen molar-refractivity contribution in [2.24, 2.45) is 0 Å². The van der Waals surface area contributed by atoms with E-state index in [1.165, 1.54) is 18.2 Å². The molecule has 0 aromatic heterocycles. The van der Waals surface area contributed by atoms with Gasteiger partial charge in [0.2, 0.25) is 0 Å². The maximum Gasteiger partial charge on any atom is 0.266 e. The van der Waals surface area contributed by atoms with Crippen LogP contribution < -0.4 is 5.32 Å². The zero-order valence-corrected chi connectivity index (χ0v) is 14.6. The van der Waals surface area contributed by atoms with E-state index in [2.05, 4.69) is 21.2 Å². The number of phenols is 1. The summed E-state index contributed by atoms with van der Waals surface area (Å²) in [6.07, 6.45) is 1.40. The van der Waals surface area contributed by atoms with Crippen LogP contribution in [0.3, 0.4) is 0 Å². The van der Waals surface area contributed by atoms with Gasteiger partial charge in [0, 0.05) is 5.02 Å². The van der Waals surface area contributed by atoms with Gasteiger partial charge in [-0.25, -0.2) is 0 Å². The van der Waals surface area contributed by atoms with E-state index >= 15 is 0 Å². The van der Waals surface area contributed by atoms with Crippen molar-refractivity contribution >= 4 is 56.8 Å². The number of carbonyl (C=O) groups is 1. The second kappa shape index (κ2) is 7.51. The summed E-state index contributed by atoms with van der Waals surface area (Å²) < 4.78 is 0.460. The number of aromatic hydroxyl groups is 1. The van der Waals surface area contributed by atoms with Gasteiger partial charge in [-0.05, 0) is 57.9 Å². The van der Waals surface area contributed by atoms with Crippen LogP contribution in [0.5, 0.6) is 5.75 Å². The first-order valence-corrected chi connectivity index (χ1v) is 7.82. The van der Waals surface area contributed by atoms with Crippen LogP contribution in [0.2, 0.25) is 10.0 Å². The second-order valence-corrected chi connectivity index (χ2v) is 6.16. The van der Waals surface area contributed by atoms with E-state index in [-0.39, 0.29) is 11.3 Å². The number of amides is 1. The van der Waals surface area contributed by atoms with Gasteiger partial charge < -0.3 is 10.4 Å². The van der Waals surface area contributed by atoms with Crippen LogP contribution in [0.4, 0.5) is 5.69 Å². The van der Waals surface area contributed by atoms with Gasteiger partial charge in [0.05, 0.1) is 15.2 Å². The third-order valence-electron chi connectivity index (χ3n) is 2.82. The Morgan fingerprint density at radius 3 is 2.65 bits per heavy atom. The molecular formula is C16H9BrCl2N2O2. The second-order valence-electron chi connectivity index (χ2n) is 4.46. The molecule has 0 spiro atoms. The quantitative estimate of drug-likeness (QED) is 0.550. The Balaban J connectivity index is 2.28. The average molecular weight is 412 g/mol. The van der Waals surface area contributed by atoms with E-state index in [1.54, 1.807) is 24.3 Å². The van der Waals surface area contributed by atoms with Gasteiger partial charge in [-0.1, -0.05) is 29.3 Å². The first-order chi connectivity index (χ1) is 10.9. The van der Waals surface area contributed by atoms with Crippen LogP contribution in [-0.4, -0.2) is 11.0 Å². The van der Waals surface area contributed by atoms with Gasteiger partial charge in [0.1, 0.15) is 17.4 Å². The molecule has 0 fully saturated rings. The fourth-order valence-corrected chi connectivity index (χ4v) is 2.44. The Labute approximate surface area is 151 Å². The van der Waals surface area contributed by atoms with E-state index in [0.29, 0.717) is 25.8 Å². The zero-order valence-electron chi connectivity index (χ0n) is 11.5. The third-order valence-corrected chi connectivity index (χ3v) is 4.02. The summed E-state index contributed by atoms with van der Waals surface area (Å²) >= 11 is 15.0. The highest BCUT2D eigenvalue weighted by Crippen LogP contribution is 2.27. The standard InChI is InChI=1S/C16H9BrCl2N2O2/c17-12-6-9(1-4-15(12)22)5-10(8-20)16(23)21-14-7-11(18)2-3-13(14)19/h1-7,22H,(H,21,23). The highest BCUT2D eigenvalue weighted by molar-refractivity contribution is 9.10. The van der Waals surface area contributed by atoms with Crippen molar-refractivity contribution in [3.8, 4) is 11.8 Å². The monoisotopic (exact) mass is 410 g/mol. The van der Waals surface area contributed by atoms with Crippen molar-refractivity contribution in [1.29, 1.82) is 5.26 Å². The van der Waals surface area contributed by atoms with Gasteiger partial charge in [-0.2, -0.15) is 5.26 Å². The Kier molecular flexibility index (Phi) is 5.67. The van der Waals surface area contributed by atoms with E-state index in [1.807, 2.05) is 6.07 Å². The lowest BCUT2D eigenvalue weighted by atomic mass is 10.1. The number of nitrogens with zero attached hydrogens (tertiary/aromatic N) is 1. The number of benzene rings is 2. The molecule has 2 N–H and O–H groups in total. The summed E-state index contributed by atoms with van der Waals surface area (Å²) in [6, 6.07) is 11.1. The van der Waals surface area contributed by atoms with Crippen LogP contribution in [0.15, 0.2) is 46.4 Å². The Morgan fingerprint density at radius 2 is 2.00 bits per heavy atom. The molecule has 0 unspecified atom stereocenters. The summed E-state index contributed by atoms with van der Waals surface area (Å²) in [5.41, 5.74) is 0.786. The van der Waals surface area contributed by atoms with Gasteiger partial charge in [0.15, 0.2) is 0 Å². The number of anilines is 1. The molecule has 2 aromatic rings. The summed E-state index contributed by atoms with van der Waals surface area (Å²) in [5.74, 6) is -0.545. The lowest BCUT2D eigenvalue weighted by Gasteiger charge is -2.07. The number of hydrogen-bond donors (Lipinski definition) is 2. The molecule has 0 atom stereocenters. The van der Waals surface area contributed by atoms with Crippen LogP contribution in [-0.2, 0) is 4.79 Å². The van der Waals surface area contributed by atoms with Gasteiger partial charge in [0.25, 0.3) is 5.91 Å². The van der Waals surface area contributed by atoms with E-state index in [9.17, 15) is 15.2 Å². The maximum absolute atomic E-state index is 12.2. The number of phenolic OH excluding ortho intramolecular Hbond substituents is 1. The molecule has 2 rings (SSSR count). The lowest BCUT2D eigenvalue weighted by Crippen LogP contribution is -2.13. The Hall–Kier alpha value is -2.00. The van der Waals surface area contributed by atoms with Gasteiger partial charge >= 0.3 is 0 Å². The molecule has 2 aromatic carbocycles. The molecule has 4 nitrogen and oxygen atoms in total.